The van der Waals surface area contributed by atoms with E-state index >= 15 is 0 Å². The Labute approximate surface area is 124 Å². The van der Waals surface area contributed by atoms with Gasteiger partial charge in [-0.1, -0.05) is 49.4 Å². The van der Waals surface area contributed by atoms with Gasteiger partial charge in [0, 0.05) is 4.88 Å². The van der Waals surface area contributed by atoms with Crippen molar-refractivity contribution in [3.05, 3.63) is 69.9 Å². The zero-order chi connectivity index (χ0) is 13.9. The third kappa shape index (κ3) is 2.37. The molecule has 0 fully saturated rings. The second-order valence-electron chi connectivity index (χ2n) is 5.02. The van der Waals surface area contributed by atoms with Gasteiger partial charge < -0.3 is 5.32 Å². The molecule has 0 saturated heterocycles. The molecular weight excluding hydrogens is 262 g/mol. The van der Waals surface area contributed by atoms with Gasteiger partial charge in [-0.15, -0.1) is 11.3 Å². The SMILES string of the molecule is CCNC(c1cccs1)c1c(C)ccc2ccccc12. The number of nitrogens with one attached hydrogen (secondary N) is 1. The second kappa shape index (κ2) is 5.78. The Bertz CT molecular complexity index is 701. The van der Waals surface area contributed by atoms with Crippen LogP contribution in [-0.2, 0) is 0 Å². The molecule has 0 amide bonds. The summed E-state index contributed by atoms with van der Waals surface area (Å²) in [6.07, 6.45) is 0. The third-order valence-corrected chi connectivity index (χ3v) is 4.65. The first-order valence-corrected chi connectivity index (χ1v) is 7.94. The molecule has 20 heavy (non-hydrogen) atoms. The van der Waals surface area contributed by atoms with Gasteiger partial charge in [0.1, 0.15) is 0 Å². The Kier molecular flexibility index (Phi) is 3.86. The first-order chi connectivity index (χ1) is 9.81. The fourth-order valence-corrected chi connectivity index (χ4v) is 3.60. The van der Waals surface area contributed by atoms with E-state index in [1.807, 2.05) is 11.3 Å². The van der Waals surface area contributed by atoms with Gasteiger partial charge in [0.2, 0.25) is 0 Å². The molecule has 102 valence electrons. The van der Waals surface area contributed by atoms with Crippen molar-refractivity contribution in [2.75, 3.05) is 6.54 Å². The monoisotopic (exact) mass is 281 g/mol. The van der Waals surface area contributed by atoms with E-state index in [-0.39, 0.29) is 6.04 Å². The van der Waals surface area contributed by atoms with Crippen molar-refractivity contribution in [3.63, 3.8) is 0 Å². The number of aryl methyl sites for hydroxylation is 1. The summed E-state index contributed by atoms with van der Waals surface area (Å²) in [6.45, 7) is 5.34. The molecule has 1 heterocycles. The van der Waals surface area contributed by atoms with Crippen molar-refractivity contribution < 1.29 is 0 Å². The zero-order valence-corrected chi connectivity index (χ0v) is 12.7. The summed E-state index contributed by atoms with van der Waals surface area (Å²) in [5.41, 5.74) is 2.76. The largest absolute Gasteiger partial charge is 0.306 e. The number of hydrogen-bond donors (Lipinski definition) is 1. The summed E-state index contributed by atoms with van der Waals surface area (Å²) in [6, 6.07) is 17.7. The van der Waals surface area contributed by atoms with Crippen LogP contribution in [0.3, 0.4) is 0 Å². The van der Waals surface area contributed by atoms with Gasteiger partial charge in [0.25, 0.3) is 0 Å². The Hall–Kier alpha value is -1.64. The summed E-state index contributed by atoms with van der Waals surface area (Å²) < 4.78 is 0. The molecule has 1 aromatic heterocycles. The van der Waals surface area contributed by atoms with Crippen LogP contribution in [0.1, 0.15) is 29.0 Å². The molecule has 2 heteroatoms. The van der Waals surface area contributed by atoms with Crippen LogP contribution >= 0.6 is 11.3 Å². The van der Waals surface area contributed by atoms with Crippen molar-refractivity contribution in [3.8, 4) is 0 Å². The topological polar surface area (TPSA) is 12.0 Å². The van der Waals surface area contributed by atoms with Crippen LogP contribution in [0.4, 0.5) is 0 Å². The number of fused-ring (bicyclic) bond motifs is 1. The lowest BCUT2D eigenvalue weighted by Crippen LogP contribution is -2.22. The fourth-order valence-electron chi connectivity index (χ4n) is 2.79. The molecule has 3 rings (SSSR count). The van der Waals surface area contributed by atoms with Crippen LogP contribution in [0, 0.1) is 6.92 Å². The highest BCUT2D eigenvalue weighted by atomic mass is 32.1. The van der Waals surface area contributed by atoms with Crippen LogP contribution in [0.25, 0.3) is 10.8 Å². The smallest absolute Gasteiger partial charge is 0.0679 e. The van der Waals surface area contributed by atoms with E-state index in [2.05, 4.69) is 73.1 Å². The van der Waals surface area contributed by atoms with E-state index in [1.165, 1.54) is 26.8 Å². The predicted molar refractivity (Wildman–Crippen MR) is 88.5 cm³/mol. The summed E-state index contributed by atoms with van der Waals surface area (Å²) in [5, 5.41) is 8.46. The molecular formula is C18H19NS. The van der Waals surface area contributed by atoms with Crippen molar-refractivity contribution >= 4 is 22.1 Å². The Morgan fingerprint density at radius 1 is 1.05 bits per heavy atom. The minimum Gasteiger partial charge on any atom is -0.306 e. The maximum Gasteiger partial charge on any atom is 0.0679 e. The molecule has 0 bridgehead atoms. The van der Waals surface area contributed by atoms with Gasteiger partial charge in [0.15, 0.2) is 0 Å². The van der Waals surface area contributed by atoms with E-state index in [9.17, 15) is 0 Å². The number of benzene rings is 2. The standard InChI is InChI=1S/C18H19NS/c1-3-19-18(16-9-6-12-20-16)17-13(2)10-11-14-7-4-5-8-15(14)17/h4-12,18-19H,3H2,1-2H3. The molecule has 1 unspecified atom stereocenters. The molecule has 0 aliphatic carbocycles. The lowest BCUT2D eigenvalue weighted by Gasteiger charge is -2.21. The minimum absolute atomic E-state index is 0.283. The molecule has 0 spiro atoms. The first kappa shape index (κ1) is 13.3. The average Bonchev–Trinajstić information content (AvgIpc) is 2.99. The van der Waals surface area contributed by atoms with Crippen molar-refractivity contribution in [2.24, 2.45) is 0 Å². The molecule has 1 nitrogen and oxygen atoms in total. The Morgan fingerprint density at radius 2 is 1.90 bits per heavy atom. The number of hydrogen-bond acceptors (Lipinski definition) is 2. The molecule has 2 aromatic carbocycles. The first-order valence-electron chi connectivity index (χ1n) is 7.06. The van der Waals surface area contributed by atoms with Gasteiger partial charge in [0.05, 0.1) is 6.04 Å². The quantitative estimate of drug-likeness (QED) is 0.716. The van der Waals surface area contributed by atoms with Gasteiger partial charge in [-0.3, -0.25) is 0 Å². The van der Waals surface area contributed by atoms with Crippen molar-refractivity contribution in [2.45, 2.75) is 19.9 Å². The van der Waals surface area contributed by atoms with E-state index in [4.69, 9.17) is 0 Å². The van der Waals surface area contributed by atoms with E-state index in [0.717, 1.165) is 6.54 Å². The van der Waals surface area contributed by atoms with Crippen LogP contribution in [0.15, 0.2) is 53.9 Å². The Morgan fingerprint density at radius 3 is 2.65 bits per heavy atom. The molecule has 0 aliphatic rings. The van der Waals surface area contributed by atoms with Crippen LogP contribution in [0.2, 0.25) is 0 Å². The summed E-state index contributed by atoms with van der Waals surface area (Å²) in [7, 11) is 0. The summed E-state index contributed by atoms with van der Waals surface area (Å²) in [5.74, 6) is 0. The minimum atomic E-state index is 0.283. The van der Waals surface area contributed by atoms with Crippen LogP contribution in [-0.4, -0.2) is 6.54 Å². The van der Waals surface area contributed by atoms with Gasteiger partial charge >= 0.3 is 0 Å². The third-order valence-electron chi connectivity index (χ3n) is 3.71. The highest BCUT2D eigenvalue weighted by Gasteiger charge is 2.18. The maximum atomic E-state index is 3.64. The molecule has 0 saturated carbocycles. The van der Waals surface area contributed by atoms with Crippen molar-refractivity contribution in [1.29, 1.82) is 0 Å². The number of rotatable bonds is 4. The van der Waals surface area contributed by atoms with Gasteiger partial charge in [-0.05, 0) is 46.8 Å². The highest BCUT2D eigenvalue weighted by molar-refractivity contribution is 7.10. The van der Waals surface area contributed by atoms with E-state index in [0.29, 0.717) is 0 Å². The lowest BCUT2D eigenvalue weighted by atomic mass is 9.93. The normalized spacial score (nSPS) is 12.7. The molecule has 3 aromatic rings. The molecule has 1 atom stereocenters. The summed E-state index contributed by atoms with van der Waals surface area (Å²) in [4.78, 5) is 1.38. The Balaban J connectivity index is 2.22. The zero-order valence-electron chi connectivity index (χ0n) is 11.9. The number of thiophene rings is 1. The maximum absolute atomic E-state index is 3.64. The van der Waals surface area contributed by atoms with E-state index in [1.54, 1.807) is 0 Å². The van der Waals surface area contributed by atoms with Gasteiger partial charge in [-0.25, -0.2) is 0 Å². The summed E-state index contributed by atoms with van der Waals surface area (Å²) >= 11 is 1.82. The van der Waals surface area contributed by atoms with Crippen LogP contribution < -0.4 is 5.32 Å². The average molecular weight is 281 g/mol. The van der Waals surface area contributed by atoms with Crippen molar-refractivity contribution in [1.82, 2.24) is 5.32 Å². The van der Waals surface area contributed by atoms with E-state index < -0.39 is 0 Å². The molecule has 1 N–H and O–H groups in total. The van der Waals surface area contributed by atoms with Gasteiger partial charge in [-0.2, -0.15) is 0 Å². The van der Waals surface area contributed by atoms with Crippen LogP contribution in [0.5, 0.6) is 0 Å². The lowest BCUT2D eigenvalue weighted by molar-refractivity contribution is 0.640. The second-order valence-corrected chi connectivity index (χ2v) is 6.00. The highest BCUT2D eigenvalue weighted by Crippen LogP contribution is 2.33. The predicted octanol–water partition coefficient (Wildman–Crippen LogP) is 4.91. The molecule has 0 radical (unpaired) electrons. The molecule has 0 aliphatic heterocycles. The fraction of sp³-hybridized carbons (Fsp3) is 0.222.